The molecule has 5 nitrogen and oxygen atoms in total. The molecule has 2 aromatic rings. The van der Waals surface area contributed by atoms with Gasteiger partial charge >= 0.3 is 5.97 Å². The summed E-state index contributed by atoms with van der Waals surface area (Å²) in [4.78, 5) is 11.0. The molecule has 124 valence electrons. The average Bonchev–Trinajstić information content (AvgIpc) is 2.88. The molecule has 1 unspecified atom stereocenters. The molecule has 2 N–H and O–H groups in total. The fraction of sp³-hybridized carbons (Fsp3) is 0.444. The van der Waals surface area contributed by atoms with E-state index in [0.717, 1.165) is 11.3 Å². The number of nitrogens with zero attached hydrogens (tertiary/aromatic N) is 2. The Bertz CT molecular complexity index is 657. The number of hydrogen-bond acceptors (Lipinski definition) is 3. The number of carboxylic acid groups (broad SMARTS) is 1. The van der Waals surface area contributed by atoms with Crippen LogP contribution >= 0.6 is 0 Å². The molecule has 23 heavy (non-hydrogen) atoms. The fourth-order valence-corrected chi connectivity index (χ4v) is 2.43. The lowest BCUT2D eigenvalue weighted by molar-refractivity contribution is -0.139. The minimum atomic E-state index is -0.848. The van der Waals surface area contributed by atoms with Crippen LogP contribution in [0.3, 0.4) is 0 Å². The monoisotopic (exact) mass is 315 g/mol. The molecule has 1 aromatic heterocycles. The molecule has 0 aliphatic heterocycles. The molecule has 5 heteroatoms. The van der Waals surface area contributed by atoms with Crippen molar-refractivity contribution in [2.45, 2.75) is 52.2 Å². The molecular weight excluding hydrogens is 290 g/mol. The summed E-state index contributed by atoms with van der Waals surface area (Å²) in [6, 6.07) is 9.59. The second kappa shape index (κ2) is 6.96. The van der Waals surface area contributed by atoms with Gasteiger partial charge < -0.3 is 10.4 Å². The molecule has 0 amide bonds. The number of hydrogen-bond donors (Lipinski definition) is 2. The van der Waals surface area contributed by atoms with Gasteiger partial charge in [0.2, 0.25) is 0 Å². The maximum atomic E-state index is 11.0. The van der Waals surface area contributed by atoms with Crippen LogP contribution in [0.5, 0.6) is 0 Å². The van der Waals surface area contributed by atoms with Gasteiger partial charge in [0.1, 0.15) is 6.04 Å². The topological polar surface area (TPSA) is 67.2 Å². The predicted octanol–water partition coefficient (Wildman–Crippen LogP) is 2.79. The quantitative estimate of drug-likeness (QED) is 0.860. The van der Waals surface area contributed by atoms with E-state index in [0.29, 0.717) is 13.1 Å². The van der Waals surface area contributed by atoms with Crippen molar-refractivity contribution in [2.75, 3.05) is 0 Å². The van der Waals surface area contributed by atoms with Crippen LogP contribution in [-0.2, 0) is 23.3 Å². The average molecular weight is 315 g/mol. The summed E-state index contributed by atoms with van der Waals surface area (Å²) < 4.78 is 1.93. The third kappa shape index (κ3) is 4.66. The minimum absolute atomic E-state index is 0.0919. The molecule has 1 atom stereocenters. The Kier molecular flexibility index (Phi) is 5.21. The number of carboxylic acids is 1. The zero-order valence-electron chi connectivity index (χ0n) is 14.2. The lowest BCUT2D eigenvalue weighted by Crippen LogP contribution is -2.33. The standard InChI is InChI=1S/C18H25N3O2/c1-13(17(22)23)19-10-15-12-21(20-16(15)18(2,3)4)11-14-8-6-5-7-9-14/h5-9,12-13,19H,10-11H2,1-4H3,(H,22,23). The molecular formula is C18H25N3O2. The maximum absolute atomic E-state index is 11.0. The lowest BCUT2D eigenvalue weighted by Gasteiger charge is -2.18. The van der Waals surface area contributed by atoms with Gasteiger partial charge in [0.15, 0.2) is 0 Å². The van der Waals surface area contributed by atoms with Crippen LogP contribution in [0.15, 0.2) is 36.5 Å². The normalized spacial score (nSPS) is 13.0. The Morgan fingerprint density at radius 3 is 2.52 bits per heavy atom. The smallest absolute Gasteiger partial charge is 0.320 e. The van der Waals surface area contributed by atoms with E-state index in [1.165, 1.54) is 5.56 Å². The van der Waals surface area contributed by atoms with E-state index in [1.807, 2.05) is 29.1 Å². The fourth-order valence-electron chi connectivity index (χ4n) is 2.43. The summed E-state index contributed by atoms with van der Waals surface area (Å²) >= 11 is 0. The number of nitrogens with one attached hydrogen (secondary N) is 1. The zero-order valence-corrected chi connectivity index (χ0v) is 14.2. The number of aromatic nitrogens is 2. The van der Waals surface area contributed by atoms with Crippen LogP contribution < -0.4 is 5.32 Å². The van der Waals surface area contributed by atoms with E-state index < -0.39 is 12.0 Å². The van der Waals surface area contributed by atoms with Gasteiger partial charge in [-0.15, -0.1) is 0 Å². The number of rotatable bonds is 6. The Morgan fingerprint density at radius 1 is 1.30 bits per heavy atom. The number of benzene rings is 1. The molecule has 1 heterocycles. The number of aliphatic carboxylic acids is 1. The first-order chi connectivity index (χ1) is 10.8. The summed E-state index contributed by atoms with van der Waals surface area (Å²) in [5.41, 5.74) is 3.14. The highest BCUT2D eigenvalue weighted by Crippen LogP contribution is 2.24. The van der Waals surface area contributed by atoms with Gasteiger partial charge in [0, 0.05) is 23.7 Å². The van der Waals surface area contributed by atoms with Crippen molar-refractivity contribution in [3.05, 3.63) is 53.3 Å². The maximum Gasteiger partial charge on any atom is 0.320 e. The lowest BCUT2D eigenvalue weighted by atomic mass is 9.89. The van der Waals surface area contributed by atoms with Crippen molar-refractivity contribution in [2.24, 2.45) is 0 Å². The van der Waals surface area contributed by atoms with Gasteiger partial charge in [0.05, 0.1) is 12.2 Å². The van der Waals surface area contributed by atoms with Crippen molar-refractivity contribution in [3.63, 3.8) is 0 Å². The summed E-state index contributed by atoms with van der Waals surface area (Å²) in [7, 11) is 0. The van der Waals surface area contributed by atoms with Gasteiger partial charge in [-0.1, -0.05) is 51.1 Å². The molecule has 0 bridgehead atoms. The van der Waals surface area contributed by atoms with E-state index in [-0.39, 0.29) is 5.41 Å². The van der Waals surface area contributed by atoms with Crippen LogP contribution in [0.1, 0.15) is 44.5 Å². The summed E-state index contributed by atoms with van der Waals surface area (Å²) in [5.74, 6) is -0.848. The van der Waals surface area contributed by atoms with E-state index in [2.05, 4.69) is 38.2 Å². The van der Waals surface area contributed by atoms with Crippen molar-refractivity contribution >= 4 is 5.97 Å². The van der Waals surface area contributed by atoms with E-state index in [1.54, 1.807) is 6.92 Å². The minimum Gasteiger partial charge on any atom is -0.480 e. The largest absolute Gasteiger partial charge is 0.480 e. The van der Waals surface area contributed by atoms with E-state index in [4.69, 9.17) is 10.2 Å². The highest BCUT2D eigenvalue weighted by molar-refractivity contribution is 5.72. The molecule has 0 radical (unpaired) electrons. The molecule has 2 rings (SSSR count). The highest BCUT2D eigenvalue weighted by atomic mass is 16.4. The summed E-state index contributed by atoms with van der Waals surface area (Å²) in [6.45, 7) is 9.20. The van der Waals surface area contributed by atoms with Gasteiger partial charge in [-0.25, -0.2) is 0 Å². The van der Waals surface area contributed by atoms with Crippen molar-refractivity contribution in [1.82, 2.24) is 15.1 Å². The molecule has 0 fully saturated rings. The van der Waals surface area contributed by atoms with Gasteiger partial charge in [-0.2, -0.15) is 5.10 Å². The van der Waals surface area contributed by atoms with Gasteiger partial charge in [-0.3, -0.25) is 9.48 Å². The Balaban J connectivity index is 2.20. The molecule has 0 saturated heterocycles. The van der Waals surface area contributed by atoms with Gasteiger partial charge in [-0.05, 0) is 12.5 Å². The Hall–Kier alpha value is -2.14. The van der Waals surface area contributed by atoms with Crippen LogP contribution in [0, 0.1) is 0 Å². The van der Waals surface area contributed by atoms with Crippen molar-refractivity contribution < 1.29 is 9.90 Å². The van der Waals surface area contributed by atoms with E-state index >= 15 is 0 Å². The highest BCUT2D eigenvalue weighted by Gasteiger charge is 2.23. The zero-order chi connectivity index (χ0) is 17.0. The van der Waals surface area contributed by atoms with Crippen molar-refractivity contribution in [1.29, 1.82) is 0 Å². The van der Waals surface area contributed by atoms with E-state index in [9.17, 15) is 4.79 Å². The van der Waals surface area contributed by atoms with Gasteiger partial charge in [0.25, 0.3) is 0 Å². The third-order valence-electron chi connectivity index (χ3n) is 3.70. The molecule has 0 saturated carbocycles. The first-order valence-electron chi connectivity index (χ1n) is 7.84. The molecule has 0 aliphatic rings. The third-order valence-corrected chi connectivity index (χ3v) is 3.70. The molecule has 0 aliphatic carbocycles. The van der Waals surface area contributed by atoms with Crippen LogP contribution in [0.2, 0.25) is 0 Å². The number of carbonyl (C=O) groups is 1. The Morgan fingerprint density at radius 2 is 1.96 bits per heavy atom. The Labute approximate surface area is 137 Å². The molecule has 0 spiro atoms. The summed E-state index contributed by atoms with van der Waals surface area (Å²) in [5, 5.41) is 16.8. The summed E-state index contributed by atoms with van der Waals surface area (Å²) in [6.07, 6.45) is 2.01. The first-order valence-corrected chi connectivity index (χ1v) is 7.84. The SMILES string of the molecule is CC(NCc1cn(Cc2ccccc2)nc1C(C)(C)C)C(=O)O. The predicted molar refractivity (Wildman–Crippen MR) is 90.4 cm³/mol. The second-order valence-electron chi connectivity index (χ2n) is 6.88. The second-order valence-corrected chi connectivity index (χ2v) is 6.88. The first kappa shape index (κ1) is 17.2. The van der Waals surface area contributed by atoms with Crippen molar-refractivity contribution in [3.8, 4) is 0 Å². The molecule has 1 aromatic carbocycles. The van der Waals surface area contributed by atoms with Crippen LogP contribution in [0.4, 0.5) is 0 Å². The van der Waals surface area contributed by atoms with Crippen LogP contribution in [-0.4, -0.2) is 26.9 Å². The van der Waals surface area contributed by atoms with Crippen LogP contribution in [0.25, 0.3) is 0 Å².